The minimum absolute atomic E-state index is 0.0679. The summed E-state index contributed by atoms with van der Waals surface area (Å²) in [5.74, 6) is -0.215. The first-order chi connectivity index (χ1) is 12.7. The van der Waals surface area contributed by atoms with E-state index in [2.05, 4.69) is 4.72 Å². The molecule has 2 aliphatic rings. The topological polar surface area (TPSA) is 90.0 Å². The van der Waals surface area contributed by atoms with Gasteiger partial charge in [-0.1, -0.05) is 23.7 Å². The molecule has 27 heavy (non-hydrogen) atoms. The van der Waals surface area contributed by atoms with E-state index in [9.17, 15) is 18.0 Å². The van der Waals surface area contributed by atoms with Gasteiger partial charge in [-0.3, -0.25) is 14.6 Å². The van der Waals surface area contributed by atoms with Crippen molar-refractivity contribution in [2.24, 2.45) is 0 Å². The Morgan fingerprint density at radius 1 is 1.11 bits per heavy atom. The molecule has 0 radical (unpaired) electrons. The number of urea groups is 1. The molecule has 148 valence electrons. The second kappa shape index (κ2) is 7.75. The number of piperidine rings is 1. The van der Waals surface area contributed by atoms with E-state index < -0.39 is 10.0 Å². The Morgan fingerprint density at radius 2 is 1.74 bits per heavy atom. The summed E-state index contributed by atoms with van der Waals surface area (Å²) in [5, 5.41) is 0.186. The van der Waals surface area contributed by atoms with Crippen LogP contribution in [0.1, 0.15) is 12.8 Å². The van der Waals surface area contributed by atoms with Crippen LogP contribution in [0.4, 0.5) is 4.79 Å². The first-order valence-corrected chi connectivity index (χ1v) is 10.6. The fourth-order valence-corrected chi connectivity index (χ4v) is 5.36. The lowest BCUT2D eigenvalue weighted by atomic mass is 10.0. The highest BCUT2D eigenvalue weighted by molar-refractivity contribution is 7.89. The lowest BCUT2D eigenvalue weighted by Gasteiger charge is -2.42. The van der Waals surface area contributed by atoms with E-state index in [0.717, 1.165) is 4.90 Å². The SMILES string of the molecule is CN1CC(N2CCC(NS(=O)(=O)c3ccccc3Cl)CC2)C(=O)N(C)C1=O. The number of hydrogen-bond acceptors (Lipinski definition) is 5. The first kappa shape index (κ1) is 20.1. The zero-order chi connectivity index (χ0) is 19.8. The highest BCUT2D eigenvalue weighted by Gasteiger charge is 2.40. The monoisotopic (exact) mass is 414 g/mol. The van der Waals surface area contributed by atoms with Crippen LogP contribution in [0.5, 0.6) is 0 Å². The molecule has 8 nitrogen and oxygen atoms in total. The van der Waals surface area contributed by atoms with Crippen LogP contribution in [-0.2, 0) is 14.8 Å². The van der Waals surface area contributed by atoms with Gasteiger partial charge in [-0.05, 0) is 25.0 Å². The van der Waals surface area contributed by atoms with E-state index >= 15 is 0 Å². The molecule has 1 aromatic carbocycles. The summed E-state index contributed by atoms with van der Waals surface area (Å²) in [6.45, 7) is 1.49. The number of nitrogens with one attached hydrogen (secondary N) is 1. The van der Waals surface area contributed by atoms with Crippen molar-refractivity contribution >= 4 is 33.6 Å². The van der Waals surface area contributed by atoms with Crippen LogP contribution in [0.15, 0.2) is 29.2 Å². The van der Waals surface area contributed by atoms with Gasteiger partial charge in [0, 0.05) is 39.8 Å². The van der Waals surface area contributed by atoms with Gasteiger partial charge < -0.3 is 4.90 Å². The summed E-state index contributed by atoms with van der Waals surface area (Å²) in [7, 11) is -0.544. The Morgan fingerprint density at radius 3 is 2.37 bits per heavy atom. The van der Waals surface area contributed by atoms with Crippen LogP contribution in [-0.4, -0.2) is 80.9 Å². The third kappa shape index (κ3) is 4.11. The van der Waals surface area contributed by atoms with Gasteiger partial charge in [0.2, 0.25) is 15.9 Å². The summed E-state index contributed by atoms with van der Waals surface area (Å²) in [6.07, 6.45) is 1.16. The molecule has 0 aliphatic carbocycles. The summed E-state index contributed by atoms with van der Waals surface area (Å²) < 4.78 is 27.8. The lowest BCUT2D eigenvalue weighted by molar-refractivity contribution is -0.136. The van der Waals surface area contributed by atoms with Crippen LogP contribution in [0, 0.1) is 0 Å². The molecule has 2 aliphatic heterocycles. The fourth-order valence-electron chi connectivity index (χ4n) is 3.54. The summed E-state index contributed by atoms with van der Waals surface area (Å²) in [4.78, 5) is 29.0. The Hall–Kier alpha value is -1.68. The number of benzene rings is 1. The average molecular weight is 415 g/mol. The average Bonchev–Trinajstić information content (AvgIpc) is 2.63. The number of carbonyl (C=O) groups is 2. The highest BCUT2D eigenvalue weighted by Crippen LogP contribution is 2.23. The Balaban J connectivity index is 1.62. The number of carbonyl (C=O) groups excluding carboxylic acids is 2. The van der Waals surface area contributed by atoms with E-state index in [-0.39, 0.29) is 33.9 Å². The van der Waals surface area contributed by atoms with Crippen LogP contribution in [0.3, 0.4) is 0 Å². The van der Waals surface area contributed by atoms with E-state index in [0.29, 0.717) is 32.5 Å². The number of nitrogens with zero attached hydrogens (tertiary/aromatic N) is 3. The van der Waals surface area contributed by atoms with Crippen LogP contribution in [0.2, 0.25) is 5.02 Å². The molecule has 2 fully saturated rings. The summed E-state index contributed by atoms with van der Waals surface area (Å²) >= 11 is 6.00. The third-order valence-corrected chi connectivity index (χ3v) is 7.11. The third-order valence-electron chi connectivity index (χ3n) is 5.09. The molecular formula is C17H23ClN4O4S. The zero-order valence-corrected chi connectivity index (χ0v) is 16.8. The van der Waals surface area contributed by atoms with Gasteiger partial charge in [-0.2, -0.15) is 0 Å². The van der Waals surface area contributed by atoms with Crippen LogP contribution in [0.25, 0.3) is 0 Å². The molecule has 1 N–H and O–H groups in total. The van der Waals surface area contributed by atoms with E-state index in [1.165, 1.54) is 18.0 Å². The van der Waals surface area contributed by atoms with Gasteiger partial charge in [-0.25, -0.2) is 17.9 Å². The highest BCUT2D eigenvalue weighted by atomic mass is 35.5. The summed E-state index contributed by atoms with van der Waals surface area (Å²) in [6, 6.07) is 5.41. The molecule has 1 atom stereocenters. The lowest BCUT2D eigenvalue weighted by Crippen LogP contribution is -2.63. The number of amides is 3. The number of sulfonamides is 1. The van der Waals surface area contributed by atoms with Crippen molar-refractivity contribution in [3.8, 4) is 0 Å². The predicted molar refractivity (Wildman–Crippen MR) is 101 cm³/mol. The Bertz CT molecular complexity index is 839. The maximum atomic E-state index is 12.6. The van der Waals surface area contributed by atoms with Gasteiger partial charge >= 0.3 is 6.03 Å². The largest absolute Gasteiger partial charge is 0.326 e. The molecule has 0 aromatic heterocycles. The van der Waals surface area contributed by atoms with Gasteiger partial charge in [0.15, 0.2) is 0 Å². The van der Waals surface area contributed by atoms with Crippen LogP contribution < -0.4 is 4.72 Å². The number of imide groups is 1. The quantitative estimate of drug-likeness (QED) is 0.793. The second-order valence-corrected chi connectivity index (χ2v) is 9.03. The molecule has 2 heterocycles. The predicted octanol–water partition coefficient (Wildman–Crippen LogP) is 0.975. The summed E-state index contributed by atoms with van der Waals surface area (Å²) in [5.41, 5.74) is 0. The fraction of sp³-hybridized carbons (Fsp3) is 0.529. The maximum Gasteiger partial charge on any atom is 0.326 e. The molecule has 3 amide bonds. The molecular weight excluding hydrogens is 392 g/mol. The number of likely N-dealkylation sites (N-methyl/N-ethyl adjacent to an activating group) is 2. The van der Waals surface area contributed by atoms with Gasteiger partial charge in [-0.15, -0.1) is 0 Å². The van der Waals surface area contributed by atoms with Gasteiger partial charge in [0.05, 0.1) is 5.02 Å². The minimum Gasteiger partial charge on any atom is -0.325 e. The Kier molecular flexibility index (Phi) is 5.76. The van der Waals surface area contributed by atoms with E-state index in [1.54, 1.807) is 25.2 Å². The number of likely N-dealkylation sites (tertiary alicyclic amines) is 1. The molecule has 2 saturated heterocycles. The van der Waals surface area contributed by atoms with Gasteiger partial charge in [0.1, 0.15) is 10.9 Å². The molecule has 1 aromatic rings. The molecule has 0 saturated carbocycles. The Labute approximate surface area is 164 Å². The van der Waals surface area contributed by atoms with Crippen molar-refractivity contribution in [2.75, 3.05) is 33.7 Å². The molecule has 0 spiro atoms. The minimum atomic E-state index is -3.70. The van der Waals surface area contributed by atoms with Gasteiger partial charge in [0.25, 0.3) is 0 Å². The van der Waals surface area contributed by atoms with E-state index in [4.69, 9.17) is 11.6 Å². The molecule has 3 rings (SSSR count). The van der Waals surface area contributed by atoms with Crippen molar-refractivity contribution in [3.05, 3.63) is 29.3 Å². The number of rotatable bonds is 4. The van der Waals surface area contributed by atoms with Crippen molar-refractivity contribution < 1.29 is 18.0 Å². The standard InChI is InChI=1S/C17H23ClN4O4S/c1-20-11-14(16(23)21(2)17(20)24)22-9-7-12(8-10-22)19-27(25,26)15-6-4-3-5-13(15)18/h3-6,12,14,19H,7-11H2,1-2H3. The normalized spacial score (nSPS) is 23.1. The maximum absolute atomic E-state index is 12.6. The number of halogens is 1. The van der Waals surface area contributed by atoms with Crippen molar-refractivity contribution in [3.63, 3.8) is 0 Å². The van der Waals surface area contributed by atoms with E-state index in [1.807, 2.05) is 4.90 Å². The van der Waals surface area contributed by atoms with Crippen molar-refractivity contribution in [2.45, 2.75) is 29.8 Å². The molecule has 10 heteroatoms. The van der Waals surface area contributed by atoms with Crippen molar-refractivity contribution in [1.29, 1.82) is 0 Å². The van der Waals surface area contributed by atoms with Crippen LogP contribution >= 0.6 is 11.6 Å². The van der Waals surface area contributed by atoms with Crippen molar-refractivity contribution in [1.82, 2.24) is 19.4 Å². The first-order valence-electron chi connectivity index (χ1n) is 8.74. The molecule has 0 bridgehead atoms. The number of hydrogen-bond donors (Lipinski definition) is 1. The smallest absolute Gasteiger partial charge is 0.325 e. The second-order valence-electron chi connectivity index (χ2n) is 6.94. The molecule has 1 unspecified atom stereocenters. The zero-order valence-electron chi connectivity index (χ0n) is 15.3.